The molecule has 0 amide bonds. The van der Waals surface area contributed by atoms with Crippen LogP contribution < -0.4 is 5.32 Å². The van der Waals surface area contributed by atoms with Crippen LogP contribution in [0.4, 0.5) is 5.69 Å². The van der Waals surface area contributed by atoms with E-state index in [0.29, 0.717) is 11.5 Å². The van der Waals surface area contributed by atoms with E-state index in [2.05, 4.69) is 15.3 Å². The van der Waals surface area contributed by atoms with E-state index in [9.17, 15) is 9.90 Å². The SMILES string of the molecule is CC(C)c1ncc(NCCC2CCC2)c(C(=O)O)n1. The minimum absolute atomic E-state index is 0.0762. The van der Waals surface area contributed by atoms with Crippen molar-refractivity contribution in [2.45, 2.75) is 45.4 Å². The molecule has 0 radical (unpaired) electrons. The smallest absolute Gasteiger partial charge is 0.356 e. The highest BCUT2D eigenvalue weighted by atomic mass is 16.4. The van der Waals surface area contributed by atoms with Gasteiger partial charge in [-0.25, -0.2) is 14.8 Å². The van der Waals surface area contributed by atoms with E-state index in [1.165, 1.54) is 19.3 Å². The van der Waals surface area contributed by atoms with Crippen LogP contribution >= 0.6 is 0 Å². The average molecular weight is 263 g/mol. The monoisotopic (exact) mass is 263 g/mol. The van der Waals surface area contributed by atoms with Crippen LogP contribution in [0.15, 0.2) is 6.20 Å². The number of nitrogens with one attached hydrogen (secondary N) is 1. The number of anilines is 1. The zero-order valence-corrected chi connectivity index (χ0v) is 11.5. The predicted octanol–water partition coefficient (Wildman–Crippen LogP) is 2.90. The molecule has 0 aromatic carbocycles. The van der Waals surface area contributed by atoms with Crippen LogP contribution in [0.3, 0.4) is 0 Å². The molecule has 1 heterocycles. The first-order chi connectivity index (χ1) is 9.08. The van der Waals surface area contributed by atoms with Gasteiger partial charge in [0, 0.05) is 12.5 Å². The first-order valence-electron chi connectivity index (χ1n) is 6.92. The summed E-state index contributed by atoms with van der Waals surface area (Å²) in [6, 6.07) is 0. The molecule has 0 atom stereocenters. The molecule has 1 fully saturated rings. The van der Waals surface area contributed by atoms with Crippen molar-refractivity contribution in [2.24, 2.45) is 5.92 Å². The van der Waals surface area contributed by atoms with E-state index < -0.39 is 5.97 Å². The summed E-state index contributed by atoms with van der Waals surface area (Å²) >= 11 is 0. The fourth-order valence-corrected chi connectivity index (χ4v) is 2.16. The molecule has 19 heavy (non-hydrogen) atoms. The molecule has 0 bridgehead atoms. The summed E-state index contributed by atoms with van der Waals surface area (Å²) in [6.07, 6.45) is 6.61. The lowest BCUT2D eigenvalue weighted by molar-refractivity contribution is 0.0691. The Hall–Kier alpha value is -1.65. The van der Waals surface area contributed by atoms with Gasteiger partial charge in [0.2, 0.25) is 0 Å². The summed E-state index contributed by atoms with van der Waals surface area (Å²) in [6.45, 7) is 4.69. The molecule has 1 saturated carbocycles. The highest BCUT2D eigenvalue weighted by Gasteiger charge is 2.18. The molecule has 2 rings (SSSR count). The number of rotatable bonds is 6. The largest absolute Gasteiger partial charge is 0.476 e. The van der Waals surface area contributed by atoms with Gasteiger partial charge in [0.25, 0.3) is 0 Å². The van der Waals surface area contributed by atoms with Gasteiger partial charge in [0.15, 0.2) is 5.69 Å². The van der Waals surface area contributed by atoms with Gasteiger partial charge in [0.05, 0.1) is 11.9 Å². The highest BCUT2D eigenvalue weighted by Crippen LogP contribution is 2.29. The summed E-state index contributed by atoms with van der Waals surface area (Å²) in [5.41, 5.74) is 0.600. The maximum absolute atomic E-state index is 11.2. The van der Waals surface area contributed by atoms with Crippen LogP contribution in [0, 0.1) is 5.92 Å². The molecule has 5 heteroatoms. The Balaban J connectivity index is 2.03. The van der Waals surface area contributed by atoms with Crippen LogP contribution in [-0.2, 0) is 0 Å². The number of hydrogen-bond donors (Lipinski definition) is 2. The second-order valence-corrected chi connectivity index (χ2v) is 5.46. The first-order valence-corrected chi connectivity index (χ1v) is 6.92. The third-order valence-corrected chi connectivity index (χ3v) is 3.62. The third-order valence-electron chi connectivity index (χ3n) is 3.62. The number of carboxylic acid groups (broad SMARTS) is 1. The Morgan fingerprint density at radius 2 is 2.26 bits per heavy atom. The lowest BCUT2D eigenvalue weighted by Gasteiger charge is -2.25. The number of nitrogens with zero attached hydrogens (tertiary/aromatic N) is 2. The van der Waals surface area contributed by atoms with Crippen molar-refractivity contribution in [3.8, 4) is 0 Å². The van der Waals surface area contributed by atoms with Crippen LogP contribution in [0.25, 0.3) is 0 Å². The number of hydrogen-bond acceptors (Lipinski definition) is 4. The second kappa shape index (κ2) is 5.99. The van der Waals surface area contributed by atoms with E-state index in [0.717, 1.165) is 18.9 Å². The number of carboxylic acids is 1. The van der Waals surface area contributed by atoms with Gasteiger partial charge in [-0.05, 0) is 12.3 Å². The Kier molecular flexibility index (Phi) is 4.35. The lowest BCUT2D eigenvalue weighted by atomic mass is 9.83. The maximum Gasteiger partial charge on any atom is 0.356 e. The van der Waals surface area contributed by atoms with Crippen LogP contribution in [-0.4, -0.2) is 27.6 Å². The summed E-state index contributed by atoms with van der Waals surface area (Å²) in [5.74, 6) is 0.496. The molecule has 2 N–H and O–H groups in total. The van der Waals surface area contributed by atoms with Gasteiger partial charge in [-0.1, -0.05) is 33.1 Å². The topological polar surface area (TPSA) is 75.1 Å². The quantitative estimate of drug-likeness (QED) is 0.825. The van der Waals surface area contributed by atoms with E-state index in [-0.39, 0.29) is 11.6 Å². The van der Waals surface area contributed by atoms with Gasteiger partial charge < -0.3 is 10.4 Å². The minimum Gasteiger partial charge on any atom is -0.476 e. The third kappa shape index (κ3) is 3.43. The van der Waals surface area contributed by atoms with Crippen LogP contribution in [0.5, 0.6) is 0 Å². The van der Waals surface area contributed by atoms with E-state index in [1.807, 2.05) is 13.8 Å². The average Bonchev–Trinajstić information content (AvgIpc) is 2.32. The molecule has 0 saturated heterocycles. The van der Waals surface area contributed by atoms with Gasteiger partial charge in [-0.3, -0.25) is 0 Å². The Morgan fingerprint density at radius 1 is 1.53 bits per heavy atom. The molecular weight excluding hydrogens is 242 g/mol. The van der Waals surface area contributed by atoms with E-state index in [1.54, 1.807) is 6.20 Å². The number of aromatic carboxylic acids is 1. The summed E-state index contributed by atoms with van der Waals surface area (Å²) < 4.78 is 0. The van der Waals surface area contributed by atoms with Gasteiger partial charge >= 0.3 is 5.97 Å². The van der Waals surface area contributed by atoms with Crippen molar-refractivity contribution in [3.63, 3.8) is 0 Å². The van der Waals surface area contributed by atoms with Crippen LogP contribution in [0.1, 0.15) is 61.8 Å². The van der Waals surface area contributed by atoms with Crippen molar-refractivity contribution in [3.05, 3.63) is 17.7 Å². The van der Waals surface area contributed by atoms with E-state index in [4.69, 9.17) is 0 Å². The summed E-state index contributed by atoms with van der Waals surface area (Å²) in [4.78, 5) is 19.6. The molecule has 0 spiro atoms. The molecule has 1 aliphatic rings. The molecule has 0 unspecified atom stereocenters. The molecule has 1 aliphatic carbocycles. The molecule has 1 aromatic heterocycles. The van der Waals surface area contributed by atoms with Gasteiger partial charge in [-0.15, -0.1) is 0 Å². The number of aromatic nitrogens is 2. The minimum atomic E-state index is -1.00. The van der Waals surface area contributed by atoms with Crippen molar-refractivity contribution >= 4 is 11.7 Å². The van der Waals surface area contributed by atoms with Crippen molar-refractivity contribution in [1.82, 2.24) is 9.97 Å². The zero-order chi connectivity index (χ0) is 13.8. The lowest BCUT2D eigenvalue weighted by Crippen LogP contribution is -2.17. The molecule has 0 aliphatic heterocycles. The van der Waals surface area contributed by atoms with Gasteiger partial charge in [0.1, 0.15) is 5.82 Å². The van der Waals surface area contributed by atoms with Crippen LogP contribution in [0.2, 0.25) is 0 Å². The van der Waals surface area contributed by atoms with Crippen molar-refractivity contribution < 1.29 is 9.90 Å². The first kappa shape index (κ1) is 13.8. The zero-order valence-electron chi connectivity index (χ0n) is 11.5. The Morgan fingerprint density at radius 3 is 2.79 bits per heavy atom. The summed E-state index contributed by atoms with van der Waals surface area (Å²) in [7, 11) is 0. The molecular formula is C14H21N3O2. The second-order valence-electron chi connectivity index (χ2n) is 5.46. The Bertz CT molecular complexity index is 456. The van der Waals surface area contributed by atoms with Crippen molar-refractivity contribution in [2.75, 3.05) is 11.9 Å². The molecule has 104 valence electrons. The summed E-state index contributed by atoms with van der Waals surface area (Å²) in [5, 5.41) is 12.4. The molecule has 5 nitrogen and oxygen atoms in total. The molecule has 1 aromatic rings. The standard InChI is InChI=1S/C14H21N3O2/c1-9(2)13-16-8-11(12(17-13)14(18)19)15-7-6-10-4-3-5-10/h8-10,15H,3-7H2,1-2H3,(H,18,19). The maximum atomic E-state index is 11.2. The normalized spacial score (nSPS) is 15.3. The fraction of sp³-hybridized carbons (Fsp3) is 0.643. The predicted molar refractivity (Wildman–Crippen MR) is 73.5 cm³/mol. The highest BCUT2D eigenvalue weighted by molar-refractivity contribution is 5.91. The van der Waals surface area contributed by atoms with Gasteiger partial charge in [-0.2, -0.15) is 0 Å². The fourth-order valence-electron chi connectivity index (χ4n) is 2.16. The van der Waals surface area contributed by atoms with E-state index >= 15 is 0 Å². The Labute approximate surface area is 113 Å². The number of carbonyl (C=O) groups is 1. The van der Waals surface area contributed by atoms with Crippen molar-refractivity contribution in [1.29, 1.82) is 0 Å².